The molecule has 0 unspecified atom stereocenters. The van der Waals surface area contributed by atoms with Crippen LogP contribution in [0.4, 0.5) is 17.1 Å². The summed E-state index contributed by atoms with van der Waals surface area (Å²) in [4.78, 5) is 7.21. The highest BCUT2D eigenvalue weighted by Gasteiger charge is 2.19. The van der Waals surface area contributed by atoms with Crippen molar-refractivity contribution in [2.75, 3.05) is 4.90 Å². The fraction of sp³-hybridized carbons (Fsp3) is 0. The Morgan fingerprint density at radius 2 is 1.10 bits per heavy atom. The average molecular weight is 654 g/mol. The van der Waals surface area contributed by atoms with Gasteiger partial charge in [-0.05, 0) is 95.4 Å². The minimum absolute atomic E-state index is 0.612. The Balaban J connectivity index is 1.13. The lowest BCUT2D eigenvalue weighted by molar-refractivity contribution is 0.623. The molecule has 10 rings (SSSR count). The molecule has 2 aromatic heterocycles. The van der Waals surface area contributed by atoms with Gasteiger partial charge in [0, 0.05) is 44.5 Å². The fourth-order valence-corrected chi connectivity index (χ4v) is 7.39. The number of benzene rings is 8. The van der Waals surface area contributed by atoms with Gasteiger partial charge in [0.2, 0.25) is 5.89 Å². The summed E-state index contributed by atoms with van der Waals surface area (Å²) < 4.78 is 8.76. The zero-order valence-corrected chi connectivity index (χ0v) is 27.6. The van der Waals surface area contributed by atoms with Gasteiger partial charge in [-0.3, -0.25) is 0 Å². The van der Waals surface area contributed by atoms with Crippen LogP contribution in [0.2, 0.25) is 0 Å². The molecule has 10 aromatic rings. The molecule has 0 fully saturated rings. The number of hydrogen-bond acceptors (Lipinski definition) is 3. The molecule has 0 saturated heterocycles. The summed E-state index contributed by atoms with van der Waals surface area (Å²) in [6.45, 7) is 0. The second kappa shape index (κ2) is 11.9. The Morgan fingerprint density at radius 3 is 1.94 bits per heavy atom. The summed E-state index contributed by atoms with van der Waals surface area (Å²) >= 11 is 0. The van der Waals surface area contributed by atoms with Gasteiger partial charge in [-0.15, -0.1) is 0 Å². The van der Waals surface area contributed by atoms with E-state index in [-0.39, 0.29) is 0 Å². The van der Waals surface area contributed by atoms with Gasteiger partial charge in [-0.2, -0.15) is 0 Å². The first-order valence-corrected chi connectivity index (χ1v) is 17.2. The largest absolute Gasteiger partial charge is 0.435 e. The number of anilines is 3. The first kappa shape index (κ1) is 29.0. The van der Waals surface area contributed by atoms with Crippen molar-refractivity contribution in [3.05, 3.63) is 188 Å². The Kier molecular flexibility index (Phi) is 6.78. The average Bonchev–Trinajstić information content (AvgIpc) is 3.79. The molecular weight excluding hydrogens is 623 g/mol. The standard InChI is InChI=1S/C47H31N3O/c1-3-12-32(13-4-1)35-15-11-18-38(30-35)49(37-25-22-34(23-26-37)47-48-43-28-24-33-14-7-8-19-40(33)46(43)51-47)39-27-29-45-42(31-39)41-20-9-10-21-44(41)50(45)36-16-5-2-6-17-36/h1-31H. The molecule has 8 aromatic carbocycles. The van der Waals surface area contributed by atoms with Crippen LogP contribution in [-0.4, -0.2) is 9.55 Å². The number of para-hydroxylation sites is 2. The molecular formula is C47H31N3O. The molecule has 0 aliphatic carbocycles. The molecule has 51 heavy (non-hydrogen) atoms. The molecule has 0 amide bonds. The normalized spacial score (nSPS) is 11.5. The molecule has 240 valence electrons. The van der Waals surface area contributed by atoms with Crippen LogP contribution in [-0.2, 0) is 0 Å². The Morgan fingerprint density at radius 1 is 0.431 bits per heavy atom. The first-order chi connectivity index (χ1) is 25.3. The van der Waals surface area contributed by atoms with E-state index in [1.54, 1.807) is 0 Å². The van der Waals surface area contributed by atoms with E-state index in [2.05, 4.69) is 179 Å². The van der Waals surface area contributed by atoms with E-state index in [0.29, 0.717) is 5.89 Å². The van der Waals surface area contributed by atoms with Crippen LogP contribution in [0.1, 0.15) is 0 Å². The number of aromatic nitrogens is 2. The molecule has 0 aliphatic rings. The predicted octanol–water partition coefficient (Wildman–Crippen LogP) is 12.9. The van der Waals surface area contributed by atoms with Gasteiger partial charge >= 0.3 is 0 Å². The number of oxazole rings is 1. The third kappa shape index (κ3) is 4.96. The Bertz CT molecular complexity index is 2850. The van der Waals surface area contributed by atoms with Gasteiger partial charge in [0.25, 0.3) is 0 Å². The minimum atomic E-state index is 0.612. The highest BCUT2D eigenvalue weighted by atomic mass is 16.3. The van der Waals surface area contributed by atoms with Crippen LogP contribution >= 0.6 is 0 Å². The second-order valence-electron chi connectivity index (χ2n) is 12.8. The third-order valence-corrected chi connectivity index (χ3v) is 9.79. The lowest BCUT2D eigenvalue weighted by Crippen LogP contribution is -2.10. The van der Waals surface area contributed by atoms with E-state index in [1.165, 1.54) is 27.4 Å². The molecule has 2 heterocycles. The van der Waals surface area contributed by atoms with Crippen molar-refractivity contribution in [1.29, 1.82) is 0 Å². The number of nitrogens with zero attached hydrogens (tertiary/aromatic N) is 3. The molecule has 0 bridgehead atoms. The summed E-state index contributed by atoms with van der Waals surface area (Å²) in [5, 5.41) is 4.63. The molecule has 0 radical (unpaired) electrons. The van der Waals surface area contributed by atoms with E-state index in [4.69, 9.17) is 9.40 Å². The Hall–Kier alpha value is -6.91. The zero-order valence-electron chi connectivity index (χ0n) is 27.6. The third-order valence-electron chi connectivity index (χ3n) is 9.79. The monoisotopic (exact) mass is 653 g/mol. The van der Waals surface area contributed by atoms with Crippen molar-refractivity contribution in [1.82, 2.24) is 9.55 Å². The molecule has 4 nitrogen and oxygen atoms in total. The smallest absolute Gasteiger partial charge is 0.227 e. The van der Waals surface area contributed by atoms with Crippen molar-refractivity contribution in [2.24, 2.45) is 0 Å². The molecule has 4 heteroatoms. The number of fused-ring (bicyclic) bond motifs is 6. The molecule has 0 aliphatic heterocycles. The molecule has 0 atom stereocenters. The van der Waals surface area contributed by atoms with Crippen LogP contribution in [0.5, 0.6) is 0 Å². The van der Waals surface area contributed by atoms with E-state index in [0.717, 1.165) is 55.7 Å². The van der Waals surface area contributed by atoms with E-state index >= 15 is 0 Å². The van der Waals surface area contributed by atoms with Gasteiger partial charge in [0.05, 0.1) is 11.0 Å². The summed E-state index contributed by atoms with van der Waals surface area (Å²) in [5.74, 6) is 0.612. The molecule has 0 saturated carbocycles. The number of hydrogen-bond donors (Lipinski definition) is 0. The number of rotatable bonds is 6. The summed E-state index contributed by atoms with van der Waals surface area (Å²) in [7, 11) is 0. The van der Waals surface area contributed by atoms with E-state index in [1.807, 2.05) is 18.2 Å². The quantitative estimate of drug-likeness (QED) is 0.179. The van der Waals surface area contributed by atoms with Crippen molar-refractivity contribution in [2.45, 2.75) is 0 Å². The van der Waals surface area contributed by atoms with Gasteiger partial charge in [-0.25, -0.2) is 4.98 Å². The maximum atomic E-state index is 6.40. The van der Waals surface area contributed by atoms with Crippen molar-refractivity contribution in [3.8, 4) is 28.3 Å². The van der Waals surface area contributed by atoms with Crippen molar-refractivity contribution >= 4 is 60.7 Å². The predicted molar refractivity (Wildman–Crippen MR) is 211 cm³/mol. The maximum absolute atomic E-state index is 6.40. The maximum Gasteiger partial charge on any atom is 0.227 e. The fourth-order valence-electron chi connectivity index (χ4n) is 7.39. The lowest BCUT2D eigenvalue weighted by Gasteiger charge is -2.26. The second-order valence-corrected chi connectivity index (χ2v) is 12.8. The van der Waals surface area contributed by atoms with Crippen LogP contribution in [0, 0.1) is 0 Å². The van der Waals surface area contributed by atoms with Crippen molar-refractivity contribution < 1.29 is 4.42 Å². The lowest BCUT2D eigenvalue weighted by atomic mass is 10.0. The molecule has 0 spiro atoms. The highest BCUT2D eigenvalue weighted by Crippen LogP contribution is 2.41. The van der Waals surface area contributed by atoms with Crippen LogP contribution < -0.4 is 4.90 Å². The van der Waals surface area contributed by atoms with Crippen molar-refractivity contribution in [3.63, 3.8) is 0 Å². The van der Waals surface area contributed by atoms with E-state index in [9.17, 15) is 0 Å². The van der Waals surface area contributed by atoms with Gasteiger partial charge < -0.3 is 13.9 Å². The SMILES string of the molecule is c1ccc(-c2cccc(N(c3ccc(-c4nc5ccc6ccccc6c5o4)cc3)c3ccc4c(c3)c3ccccc3n4-c3ccccc3)c2)cc1. The van der Waals surface area contributed by atoms with Crippen LogP contribution in [0.3, 0.4) is 0 Å². The van der Waals surface area contributed by atoms with Crippen LogP contribution in [0.25, 0.3) is 71.9 Å². The zero-order chi connectivity index (χ0) is 33.7. The summed E-state index contributed by atoms with van der Waals surface area (Å²) in [5.41, 5.74) is 11.6. The summed E-state index contributed by atoms with van der Waals surface area (Å²) in [6.07, 6.45) is 0. The van der Waals surface area contributed by atoms with E-state index < -0.39 is 0 Å². The van der Waals surface area contributed by atoms with Gasteiger partial charge in [-0.1, -0.05) is 109 Å². The van der Waals surface area contributed by atoms with Crippen LogP contribution in [0.15, 0.2) is 192 Å². The summed E-state index contributed by atoms with van der Waals surface area (Å²) in [6, 6.07) is 66.3. The topological polar surface area (TPSA) is 34.2 Å². The molecule has 0 N–H and O–H groups in total. The minimum Gasteiger partial charge on any atom is -0.435 e. The van der Waals surface area contributed by atoms with Gasteiger partial charge in [0.1, 0.15) is 5.52 Å². The first-order valence-electron chi connectivity index (χ1n) is 17.2. The highest BCUT2D eigenvalue weighted by molar-refractivity contribution is 6.11. The van der Waals surface area contributed by atoms with Gasteiger partial charge in [0.15, 0.2) is 5.58 Å². The Labute approximate surface area is 295 Å².